The molecule has 1 amide bonds. The Morgan fingerprint density at radius 3 is 2.54 bits per heavy atom. The monoisotopic (exact) mass is 400 g/mol. The van der Waals surface area contributed by atoms with Gasteiger partial charge in [0.05, 0.1) is 19.3 Å². The molecule has 28 heavy (non-hydrogen) atoms. The predicted octanol–water partition coefficient (Wildman–Crippen LogP) is 4.93. The molecule has 3 rings (SSSR count). The third kappa shape index (κ3) is 4.47. The number of hydrogen-bond acceptors (Lipinski definition) is 4. The zero-order chi connectivity index (χ0) is 20.3. The third-order valence-corrected chi connectivity index (χ3v) is 4.99. The summed E-state index contributed by atoms with van der Waals surface area (Å²) in [5.41, 5.74) is 3.98. The van der Waals surface area contributed by atoms with E-state index in [2.05, 4.69) is 50.0 Å². The Hall–Kier alpha value is -2.53. The number of pyridine rings is 1. The van der Waals surface area contributed by atoms with Crippen molar-refractivity contribution in [2.75, 3.05) is 26.8 Å². The second-order valence-corrected chi connectivity index (χ2v) is 8.10. The van der Waals surface area contributed by atoms with Crippen LogP contribution >= 0.6 is 11.6 Å². The number of halogens is 1. The van der Waals surface area contributed by atoms with Gasteiger partial charge in [0.25, 0.3) is 0 Å². The van der Waals surface area contributed by atoms with Crippen molar-refractivity contribution in [3.63, 3.8) is 0 Å². The lowest BCUT2D eigenvalue weighted by atomic mass is 9.86. The van der Waals surface area contributed by atoms with Crippen LogP contribution in [0.15, 0.2) is 42.5 Å². The molecule has 1 aliphatic heterocycles. The van der Waals surface area contributed by atoms with Crippen molar-refractivity contribution < 1.29 is 14.3 Å². The molecule has 5 nitrogen and oxygen atoms in total. The zero-order valence-corrected chi connectivity index (χ0v) is 17.4. The summed E-state index contributed by atoms with van der Waals surface area (Å²) in [5, 5.41) is 0.455. The normalized spacial score (nSPS) is 15.0. The van der Waals surface area contributed by atoms with E-state index >= 15 is 0 Å². The van der Waals surface area contributed by atoms with Crippen LogP contribution < -0.4 is 4.74 Å². The number of aromatic nitrogens is 1. The standard InChI is InChI=1S/C22H25ClN2O3/c1-22(2,3)16-7-5-15(6-8-16)17(11-12-25-13-14-28-21(25)26)19-10-9-18(23)20(24-19)27-4/h5-11H,12-14H2,1-4H3. The van der Waals surface area contributed by atoms with E-state index in [1.807, 2.05) is 12.1 Å². The molecule has 1 fully saturated rings. The first-order valence-corrected chi connectivity index (χ1v) is 9.61. The number of carbonyl (C=O) groups is 1. The molecule has 0 unspecified atom stereocenters. The molecule has 0 N–H and O–H groups in total. The van der Waals surface area contributed by atoms with E-state index < -0.39 is 0 Å². The number of cyclic esters (lactones) is 1. The first-order valence-electron chi connectivity index (χ1n) is 9.23. The van der Waals surface area contributed by atoms with E-state index in [0.717, 1.165) is 16.8 Å². The highest BCUT2D eigenvalue weighted by molar-refractivity contribution is 6.31. The van der Waals surface area contributed by atoms with Crippen molar-refractivity contribution in [2.45, 2.75) is 26.2 Å². The summed E-state index contributed by atoms with van der Waals surface area (Å²) in [5.74, 6) is 0.372. The van der Waals surface area contributed by atoms with Gasteiger partial charge in [0.2, 0.25) is 5.88 Å². The highest BCUT2D eigenvalue weighted by Crippen LogP contribution is 2.30. The van der Waals surface area contributed by atoms with Crippen molar-refractivity contribution in [1.29, 1.82) is 0 Å². The van der Waals surface area contributed by atoms with Crippen molar-refractivity contribution in [3.8, 4) is 5.88 Å². The van der Waals surface area contributed by atoms with E-state index in [-0.39, 0.29) is 11.5 Å². The number of rotatable bonds is 5. The Morgan fingerprint density at radius 2 is 1.96 bits per heavy atom. The molecule has 6 heteroatoms. The number of benzene rings is 1. The highest BCUT2D eigenvalue weighted by Gasteiger charge is 2.21. The topological polar surface area (TPSA) is 51.7 Å². The lowest BCUT2D eigenvalue weighted by Gasteiger charge is -2.20. The van der Waals surface area contributed by atoms with Crippen molar-refractivity contribution in [2.24, 2.45) is 0 Å². The van der Waals surface area contributed by atoms with Gasteiger partial charge in [-0.1, -0.05) is 62.7 Å². The smallest absolute Gasteiger partial charge is 0.410 e. The molecule has 2 heterocycles. The fraction of sp³-hybridized carbons (Fsp3) is 0.364. The minimum Gasteiger partial charge on any atom is -0.480 e. The summed E-state index contributed by atoms with van der Waals surface area (Å²) >= 11 is 6.14. The van der Waals surface area contributed by atoms with Gasteiger partial charge in [-0.3, -0.25) is 0 Å². The van der Waals surface area contributed by atoms with Gasteiger partial charge in [-0.15, -0.1) is 0 Å². The Labute approximate surface area is 170 Å². The van der Waals surface area contributed by atoms with Crippen LogP contribution in [0.5, 0.6) is 5.88 Å². The first-order chi connectivity index (χ1) is 13.3. The second kappa shape index (κ2) is 8.23. The number of nitrogens with zero attached hydrogens (tertiary/aromatic N) is 2. The van der Waals surface area contributed by atoms with Crippen LogP contribution in [0.25, 0.3) is 5.57 Å². The molecule has 0 radical (unpaired) electrons. The summed E-state index contributed by atoms with van der Waals surface area (Å²) in [7, 11) is 1.54. The summed E-state index contributed by atoms with van der Waals surface area (Å²) in [6, 6.07) is 12.0. The molecule has 0 spiro atoms. The number of ether oxygens (including phenoxy) is 2. The first kappa shape index (κ1) is 20.2. The average molecular weight is 401 g/mol. The van der Waals surface area contributed by atoms with Crippen molar-refractivity contribution in [1.82, 2.24) is 9.88 Å². The molecule has 1 aliphatic rings. The third-order valence-electron chi connectivity index (χ3n) is 4.71. The molecule has 0 atom stereocenters. The lowest BCUT2D eigenvalue weighted by molar-refractivity contribution is 0.161. The summed E-state index contributed by atoms with van der Waals surface area (Å²) in [4.78, 5) is 18.0. The number of carbonyl (C=O) groups excluding carboxylic acids is 1. The maximum Gasteiger partial charge on any atom is 0.410 e. The number of methoxy groups -OCH3 is 1. The molecular weight excluding hydrogens is 376 g/mol. The van der Waals surface area contributed by atoms with Gasteiger partial charge in [0.15, 0.2) is 0 Å². The van der Waals surface area contributed by atoms with Gasteiger partial charge in [-0.2, -0.15) is 0 Å². The van der Waals surface area contributed by atoms with Crippen molar-refractivity contribution in [3.05, 3.63) is 64.3 Å². The van der Waals surface area contributed by atoms with Crippen LogP contribution in [0.1, 0.15) is 37.6 Å². The molecular formula is C22H25ClN2O3. The van der Waals surface area contributed by atoms with Gasteiger partial charge >= 0.3 is 6.09 Å². The molecule has 0 saturated carbocycles. The van der Waals surface area contributed by atoms with Crippen LogP contribution in [0.2, 0.25) is 5.02 Å². The Kier molecular flexibility index (Phi) is 5.94. The molecule has 1 aromatic heterocycles. The molecule has 1 saturated heterocycles. The fourth-order valence-corrected chi connectivity index (χ4v) is 3.21. The average Bonchev–Trinajstić information content (AvgIpc) is 3.07. The van der Waals surface area contributed by atoms with E-state index in [0.29, 0.717) is 30.6 Å². The summed E-state index contributed by atoms with van der Waals surface area (Å²) < 4.78 is 10.3. The predicted molar refractivity (Wildman–Crippen MR) is 111 cm³/mol. The zero-order valence-electron chi connectivity index (χ0n) is 16.7. The quantitative estimate of drug-likeness (QED) is 0.714. The van der Waals surface area contributed by atoms with Crippen molar-refractivity contribution >= 4 is 23.3 Å². The number of hydrogen-bond donors (Lipinski definition) is 0. The van der Waals surface area contributed by atoms with Crippen LogP contribution in [-0.2, 0) is 10.2 Å². The number of amides is 1. The second-order valence-electron chi connectivity index (χ2n) is 7.69. The minimum absolute atomic E-state index is 0.0729. The largest absolute Gasteiger partial charge is 0.480 e. The SMILES string of the molecule is COc1nc(C(=CCN2CCOC2=O)c2ccc(C(C)(C)C)cc2)ccc1Cl. The Morgan fingerprint density at radius 1 is 1.25 bits per heavy atom. The maximum absolute atomic E-state index is 11.8. The molecule has 1 aromatic carbocycles. The van der Waals surface area contributed by atoms with Gasteiger partial charge in [0.1, 0.15) is 11.6 Å². The van der Waals surface area contributed by atoms with Gasteiger partial charge in [0, 0.05) is 12.1 Å². The van der Waals surface area contributed by atoms with Gasteiger partial charge in [-0.05, 0) is 28.7 Å². The van der Waals surface area contributed by atoms with Crippen LogP contribution in [0.4, 0.5) is 4.79 Å². The van der Waals surface area contributed by atoms with Gasteiger partial charge in [-0.25, -0.2) is 9.78 Å². The summed E-state index contributed by atoms with van der Waals surface area (Å²) in [6.07, 6.45) is 1.70. The van der Waals surface area contributed by atoms with E-state index in [1.165, 1.54) is 5.56 Å². The van der Waals surface area contributed by atoms with Crippen LogP contribution in [0, 0.1) is 0 Å². The van der Waals surface area contributed by atoms with Crippen LogP contribution in [-0.4, -0.2) is 42.8 Å². The van der Waals surface area contributed by atoms with Gasteiger partial charge < -0.3 is 14.4 Å². The molecule has 0 bridgehead atoms. The lowest BCUT2D eigenvalue weighted by Crippen LogP contribution is -2.24. The molecule has 148 valence electrons. The van der Waals surface area contributed by atoms with E-state index in [1.54, 1.807) is 18.1 Å². The Bertz CT molecular complexity index is 886. The van der Waals surface area contributed by atoms with Crippen LogP contribution in [0.3, 0.4) is 0 Å². The van der Waals surface area contributed by atoms with E-state index in [4.69, 9.17) is 21.1 Å². The summed E-state index contributed by atoms with van der Waals surface area (Å²) in [6.45, 7) is 8.01. The minimum atomic E-state index is -0.291. The molecule has 2 aromatic rings. The molecule has 0 aliphatic carbocycles. The Balaban J connectivity index is 2.00. The highest BCUT2D eigenvalue weighted by atomic mass is 35.5. The maximum atomic E-state index is 11.8. The van der Waals surface area contributed by atoms with E-state index in [9.17, 15) is 4.79 Å². The fourth-order valence-electron chi connectivity index (χ4n) is 3.03.